The quantitative estimate of drug-likeness (QED) is 0.498. The maximum Gasteiger partial charge on any atom is 0.290 e. The van der Waals surface area contributed by atoms with Crippen LogP contribution in [0.1, 0.15) is 52.6 Å². The molecule has 7 heteroatoms. The number of aromatic nitrogens is 2. The molecule has 0 bridgehead atoms. The van der Waals surface area contributed by atoms with Crippen LogP contribution in [0, 0.1) is 6.92 Å². The summed E-state index contributed by atoms with van der Waals surface area (Å²) in [4.78, 5) is 37.7. The van der Waals surface area contributed by atoms with Crippen molar-refractivity contribution in [1.29, 1.82) is 0 Å². The van der Waals surface area contributed by atoms with Gasteiger partial charge in [0.2, 0.25) is 0 Å². The number of fused-ring (bicyclic) bond motifs is 1. The van der Waals surface area contributed by atoms with Crippen LogP contribution in [0.5, 0.6) is 0 Å². The molecule has 0 aliphatic carbocycles. The van der Waals surface area contributed by atoms with Gasteiger partial charge in [-0.3, -0.25) is 25.2 Å². The van der Waals surface area contributed by atoms with Gasteiger partial charge in [-0.1, -0.05) is 55.7 Å². The lowest BCUT2D eigenvalue weighted by molar-refractivity contribution is 0.0843. The predicted octanol–water partition coefficient (Wildman–Crippen LogP) is 2.97. The van der Waals surface area contributed by atoms with Crippen molar-refractivity contribution in [2.24, 2.45) is 0 Å². The fraction of sp³-hybridized carbons (Fsp3) is 0.273. The van der Waals surface area contributed by atoms with Crippen molar-refractivity contribution in [2.45, 2.75) is 39.7 Å². The summed E-state index contributed by atoms with van der Waals surface area (Å²) in [5.41, 5.74) is 6.07. The van der Waals surface area contributed by atoms with E-state index in [2.05, 4.69) is 22.9 Å². The molecule has 2 N–H and O–H groups in total. The summed E-state index contributed by atoms with van der Waals surface area (Å²) in [6, 6.07) is 13.9. The Balaban J connectivity index is 1.85. The van der Waals surface area contributed by atoms with Crippen molar-refractivity contribution in [1.82, 2.24) is 20.6 Å². The lowest BCUT2D eigenvalue weighted by Crippen LogP contribution is -2.42. The number of hydrazine groups is 1. The average Bonchev–Trinajstić information content (AvgIpc) is 2.73. The average molecular weight is 392 g/mol. The molecule has 7 nitrogen and oxygen atoms in total. The first-order valence-corrected chi connectivity index (χ1v) is 9.68. The molecule has 1 heterocycles. The SMILES string of the molecule is CCCCCn1nc(C(=O)NNC(=O)c2cccc(C)c2)c2ccccc2c1=O. The molecule has 0 saturated carbocycles. The zero-order valence-electron chi connectivity index (χ0n) is 16.6. The Labute approximate surface area is 168 Å². The second-order valence-electron chi connectivity index (χ2n) is 6.91. The topological polar surface area (TPSA) is 93.1 Å². The second kappa shape index (κ2) is 9.14. The van der Waals surface area contributed by atoms with Gasteiger partial charge in [-0.15, -0.1) is 0 Å². The Morgan fingerprint density at radius 3 is 2.41 bits per heavy atom. The van der Waals surface area contributed by atoms with E-state index in [9.17, 15) is 14.4 Å². The van der Waals surface area contributed by atoms with E-state index in [1.165, 1.54) is 4.68 Å². The number of rotatable bonds is 6. The van der Waals surface area contributed by atoms with Crippen LogP contribution in [0.3, 0.4) is 0 Å². The number of amides is 2. The minimum Gasteiger partial charge on any atom is -0.267 e. The molecule has 0 aliphatic rings. The number of nitrogens with zero attached hydrogens (tertiary/aromatic N) is 2. The van der Waals surface area contributed by atoms with Crippen LogP contribution in [0.4, 0.5) is 0 Å². The van der Waals surface area contributed by atoms with Gasteiger partial charge in [0.15, 0.2) is 5.69 Å². The summed E-state index contributed by atoms with van der Waals surface area (Å²) in [5, 5.41) is 5.15. The third-order valence-corrected chi connectivity index (χ3v) is 4.63. The molecule has 150 valence electrons. The number of hydrogen-bond acceptors (Lipinski definition) is 4. The van der Waals surface area contributed by atoms with Crippen LogP contribution in [0.25, 0.3) is 10.8 Å². The molecule has 0 atom stereocenters. The first-order valence-electron chi connectivity index (χ1n) is 9.68. The van der Waals surface area contributed by atoms with E-state index in [1.54, 1.807) is 42.5 Å². The largest absolute Gasteiger partial charge is 0.290 e. The lowest BCUT2D eigenvalue weighted by Gasteiger charge is -2.12. The molecule has 0 unspecified atom stereocenters. The fourth-order valence-corrected chi connectivity index (χ4v) is 3.10. The van der Waals surface area contributed by atoms with Crippen molar-refractivity contribution in [3.8, 4) is 0 Å². The third-order valence-electron chi connectivity index (χ3n) is 4.63. The van der Waals surface area contributed by atoms with Crippen LogP contribution in [-0.2, 0) is 6.54 Å². The first kappa shape index (κ1) is 20.3. The van der Waals surface area contributed by atoms with E-state index in [-0.39, 0.29) is 11.3 Å². The summed E-state index contributed by atoms with van der Waals surface area (Å²) in [6.45, 7) is 4.40. The number of benzene rings is 2. The second-order valence-corrected chi connectivity index (χ2v) is 6.91. The van der Waals surface area contributed by atoms with Crippen molar-refractivity contribution < 1.29 is 9.59 Å². The molecule has 0 saturated heterocycles. The molecular weight excluding hydrogens is 368 g/mol. The van der Waals surface area contributed by atoms with Gasteiger partial charge in [-0.2, -0.15) is 5.10 Å². The van der Waals surface area contributed by atoms with Gasteiger partial charge in [-0.05, 0) is 31.5 Å². The van der Waals surface area contributed by atoms with Crippen LogP contribution in [0.2, 0.25) is 0 Å². The van der Waals surface area contributed by atoms with Crippen LogP contribution in [-0.4, -0.2) is 21.6 Å². The Morgan fingerprint density at radius 2 is 1.69 bits per heavy atom. The van der Waals surface area contributed by atoms with Crippen molar-refractivity contribution in [3.63, 3.8) is 0 Å². The number of aryl methyl sites for hydroxylation is 2. The van der Waals surface area contributed by atoms with E-state index in [1.807, 2.05) is 13.0 Å². The minimum atomic E-state index is -0.577. The monoisotopic (exact) mass is 392 g/mol. The van der Waals surface area contributed by atoms with Crippen molar-refractivity contribution in [2.75, 3.05) is 0 Å². The van der Waals surface area contributed by atoms with Gasteiger partial charge in [-0.25, -0.2) is 4.68 Å². The first-order chi connectivity index (χ1) is 14.0. The Bertz CT molecular complexity index is 1100. The van der Waals surface area contributed by atoms with E-state index in [4.69, 9.17) is 0 Å². The van der Waals surface area contributed by atoms with Gasteiger partial charge < -0.3 is 0 Å². The van der Waals surface area contributed by atoms with Gasteiger partial charge in [0, 0.05) is 17.5 Å². The maximum absolute atomic E-state index is 12.8. The molecule has 2 amide bonds. The summed E-state index contributed by atoms with van der Waals surface area (Å²) >= 11 is 0. The standard InChI is InChI=1S/C22H24N4O3/c1-3-4-7-13-26-22(29)18-12-6-5-11-17(18)19(25-26)21(28)24-23-20(27)16-10-8-9-15(2)14-16/h5-6,8-12,14H,3-4,7,13H2,1-2H3,(H,23,27)(H,24,28). The molecule has 3 rings (SSSR count). The normalized spacial score (nSPS) is 10.7. The zero-order chi connectivity index (χ0) is 20.8. The minimum absolute atomic E-state index is 0.0984. The maximum atomic E-state index is 12.8. The highest BCUT2D eigenvalue weighted by Gasteiger charge is 2.17. The van der Waals surface area contributed by atoms with Gasteiger partial charge in [0.05, 0.1) is 5.39 Å². The molecule has 29 heavy (non-hydrogen) atoms. The number of carbonyl (C=O) groups is 2. The molecule has 0 radical (unpaired) electrons. The number of hydrogen-bond donors (Lipinski definition) is 2. The zero-order valence-corrected chi connectivity index (χ0v) is 16.6. The lowest BCUT2D eigenvalue weighted by atomic mass is 10.1. The molecule has 3 aromatic rings. The molecule has 1 aromatic heterocycles. The Hall–Kier alpha value is -3.48. The smallest absolute Gasteiger partial charge is 0.267 e. The Morgan fingerprint density at radius 1 is 0.966 bits per heavy atom. The van der Waals surface area contributed by atoms with Gasteiger partial charge >= 0.3 is 0 Å². The fourth-order valence-electron chi connectivity index (χ4n) is 3.10. The summed E-state index contributed by atoms with van der Waals surface area (Å²) < 4.78 is 1.33. The van der Waals surface area contributed by atoms with Crippen molar-refractivity contribution in [3.05, 3.63) is 75.7 Å². The molecule has 0 fully saturated rings. The summed E-state index contributed by atoms with van der Waals surface area (Å²) in [6.07, 6.45) is 2.78. The molecule has 2 aromatic carbocycles. The van der Waals surface area contributed by atoms with E-state index in [0.29, 0.717) is 22.9 Å². The highest BCUT2D eigenvalue weighted by molar-refractivity contribution is 6.06. The molecular formula is C22H24N4O3. The molecule has 0 spiro atoms. The third kappa shape index (κ3) is 4.68. The summed E-state index contributed by atoms with van der Waals surface area (Å²) in [5.74, 6) is -1.01. The number of nitrogens with one attached hydrogen (secondary N) is 2. The Kier molecular flexibility index (Phi) is 6.39. The van der Waals surface area contributed by atoms with Crippen LogP contribution >= 0.6 is 0 Å². The molecule has 0 aliphatic heterocycles. The van der Waals surface area contributed by atoms with E-state index < -0.39 is 11.8 Å². The van der Waals surface area contributed by atoms with Crippen molar-refractivity contribution >= 4 is 22.6 Å². The van der Waals surface area contributed by atoms with Crippen LogP contribution in [0.15, 0.2) is 53.3 Å². The highest BCUT2D eigenvalue weighted by atomic mass is 16.2. The van der Waals surface area contributed by atoms with Crippen LogP contribution < -0.4 is 16.4 Å². The van der Waals surface area contributed by atoms with Gasteiger partial charge in [0.1, 0.15) is 0 Å². The van der Waals surface area contributed by atoms with E-state index in [0.717, 1.165) is 24.8 Å². The highest BCUT2D eigenvalue weighted by Crippen LogP contribution is 2.13. The summed E-state index contributed by atoms with van der Waals surface area (Å²) in [7, 11) is 0. The number of carbonyl (C=O) groups excluding carboxylic acids is 2. The van der Waals surface area contributed by atoms with E-state index >= 15 is 0 Å². The predicted molar refractivity (Wildman–Crippen MR) is 112 cm³/mol. The number of unbranched alkanes of at least 4 members (excludes halogenated alkanes) is 2. The van der Waals surface area contributed by atoms with Gasteiger partial charge in [0.25, 0.3) is 17.4 Å².